The van der Waals surface area contributed by atoms with E-state index in [2.05, 4.69) is 6.92 Å². The Hall–Kier alpha value is -0.0800. The Morgan fingerprint density at radius 3 is 2.80 bits per heavy atom. The Morgan fingerprint density at radius 2 is 2.40 bits per heavy atom. The van der Waals surface area contributed by atoms with E-state index in [1.807, 2.05) is 0 Å². The zero-order valence-electron chi connectivity index (χ0n) is 6.60. The summed E-state index contributed by atoms with van der Waals surface area (Å²) in [7, 11) is 0. The molecule has 1 unspecified atom stereocenters. The van der Waals surface area contributed by atoms with Crippen LogP contribution < -0.4 is 0 Å². The van der Waals surface area contributed by atoms with Crippen LogP contribution in [-0.4, -0.2) is 23.9 Å². The molecule has 0 aromatic carbocycles. The highest BCUT2D eigenvalue weighted by Gasteiger charge is 2.32. The van der Waals surface area contributed by atoms with Crippen molar-refractivity contribution in [3.8, 4) is 0 Å². The Kier molecular flexibility index (Phi) is 2.69. The third-order valence-electron chi connectivity index (χ3n) is 2.40. The van der Waals surface area contributed by atoms with Crippen LogP contribution in [0.5, 0.6) is 0 Å². The molecular formula is C8H16O2. The second-order valence-electron chi connectivity index (χ2n) is 2.96. The van der Waals surface area contributed by atoms with Gasteiger partial charge in [-0.1, -0.05) is 6.92 Å². The maximum atomic E-state index is 8.74. The van der Waals surface area contributed by atoms with Crippen LogP contribution in [-0.2, 0) is 4.74 Å². The van der Waals surface area contributed by atoms with E-state index in [0.29, 0.717) is 0 Å². The molecule has 1 atom stereocenters. The van der Waals surface area contributed by atoms with E-state index >= 15 is 0 Å². The van der Waals surface area contributed by atoms with Crippen LogP contribution in [0.15, 0.2) is 0 Å². The number of hydrogen-bond acceptors (Lipinski definition) is 2. The molecule has 1 fully saturated rings. The van der Waals surface area contributed by atoms with Crippen LogP contribution in [0, 0.1) is 0 Å². The van der Waals surface area contributed by atoms with Crippen molar-refractivity contribution in [1.29, 1.82) is 0 Å². The molecule has 2 heteroatoms. The monoisotopic (exact) mass is 144 g/mol. The highest BCUT2D eigenvalue weighted by atomic mass is 16.5. The van der Waals surface area contributed by atoms with Crippen molar-refractivity contribution < 1.29 is 9.84 Å². The van der Waals surface area contributed by atoms with Crippen molar-refractivity contribution in [2.75, 3.05) is 13.2 Å². The minimum atomic E-state index is 0.0365. The molecule has 10 heavy (non-hydrogen) atoms. The fourth-order valence-corrected chi connectivity index (χ4v) is 1.61. The number of hydrogen-bond donors (Lipinski definition) is 1. The summed E-state index contributed by atoms with van der Waals surface area (Å²) < 4.78 is 5.57. The van der Waals surface area contributed by atoms with Crippen LogP contribution >= 0.6 is 0 Å². The van der Waals surface area contributed by atoms with E-state index in [1.165, 1.54) is 0 Å². The van der Waals surface area contributed by atoms with Crippen LogP contribution in [0.25, 0.3) is 0 Å². The molecule has 0 saturated carbocycles. The molecule has 0 radical (unpaired) electrons. The molecule has 0 aliphatic carbocycles. The van der Waals surface area contributed by atoms with Crippen LogP contribution in [0.3, 0.4) is 0 Å². The van der Waals surface area contributed by atoms with Gasteiger partial charge in [0.05, 0.1) is 5.60 Å². The topological polar surface area (TPSA) is 29.5 Å². The van der Waals surface area contributed by atoms with E-state index in [4.69, 9.17) is 9.84 Å². The molecule has 1 heterocycles. The standard InChI is InChI=1S/C8H16O2/c1-2-8(5-6-9)4-3-7-10-8/h9H,2-7H2,1H3. The lowest BCUT2D eigenvalue weighted by atomic mass is 9.94. The lowest BCUT2D eigenvalue weighted by molar-refractivity contribution is -0.0168. The lowest BCUT2D eigenvalue weighted by Crippen LogP contribution is -2.27. The van der Waals surface area contributed by atoms with E-state index < -0.39 is 0 Å². The van der Waals surface area contributed by atoms with Gasteiger partial charge >= 0.3 is 0 Å². The van der Waals surface area contributed by atoms with E-state index in [-0.39, 0.29) is 12.2 Å². The first-order valence-corrected chi connectivity index (χ1v) is 4.08. The number of ether oxygens (including phenoxy) is 1. The third-order valence-corrected chi connectivity index (χ3v) is 2.40. The van der Waals surface area contributed by atoms with Gasteiger partial charge in [-0.15, -0.1) is 0 Å². The minimum Gasteiger partial charge on any atom is -0.396 e. The molecular weight excluding hydrogens is 128 g/mol. The van der Waals surface area contributed by atoms with Gasteiger partial charge in [0.2, 0.25) is 0 Å². The quantitative estimate of drug-likeness (QED) is 0.647. The van der Waals surface area contributed by atoms with Gasteiger partial charge in [0, 0.05) is 13.2 Å². The van der Waals surface area contributed by atoms with Crippen molar-refractivity contribution in [1.82, 2.24) is 0 Å². The van der Waals surface area contributed by atoms with E-state index in [9.17, 15) is 0 Å². The van der Waals surface area contributed by atoms with Gasteiger partial charge in [0.15, 0.2) is 0 Å². The zero-order chi connectivity index (χ0) is 7.45. The largest absolute Gasteiger partial charge is 0.396 e. The van der Waals surface area contributed by atoms with Gasteiger partial charge in [0.25, 0.3) is 0 Å². The summed E-state index contributed by atoms with van der Waals surface area (Å²) in [6, 6.07) is 0. The maximum Gasteiger partial charge on any atom is 0.0702 e. The molecule has 2 nitrogen and oxygen atoms in total. The number of aliphatic hydroxyl groups excluding tert-OH is 1. The molecule has 60 valence electrons. The summed E-state index contributed by atoms with van der Waals surface area (Å²) in [6.07, 6.45) is 4.13. The second kappa shape index (κ2) is 3.35. The molecule has 1 N–H and O–H groups in total. The summed E-state index contributed by atoms with van der Waals surface area (Å²) in [5.41, 5.74) is 0.0365. The van der Waals surface area contributed by atoms with Crippen molar-refractivity contribution in [3.05, 3.63) is 0 Å². The Bertz CT molecular complexity index is 95.4. The van der Waals surface area contributed by atoms with Gasteiger partial charge in [-0.3, -0.25) is 0 Å². The zero-order valence-corrected chi connectivity index (χ0v) is 6.60. The van der Waals surface area contributed by atoms with Crippen LogP contribution in [0.1, 0.15) is 32.6 Å². The highest BCUT2D eigenvalue weighted by molar-refractivity contribution is 4.82. The molecule has 1 saturated heterocycles. The molecule has 0 bridgehead atoms. The summed E-state index contributed by atoms with van der Waals surface area (Å²) in [6.45, 7) is 3.27. The molecule has 1 rings (SSSR count). The first-order chi connectivity index (χ1) is 4.83. The normalized spacial score (nSPS) is 33.0. The lowest BCUT2D eigenvalue weighted by Gasteiger charge is -2.25. The van der Waals surface area contributed by atoms with Gasteiger partial charge < -0.3 is 9.84 Å². The average molecular weight is 144 g/mol. The second-order valence-corrected chi connectivity index (χ2v) is 2.96. The van der Waals surface area contributed by atoms with Crippen molar-refractivity contribution in [3.63, 3.8) is 0 Å². The van der Waals surface area contributed by atoms with Gasteiger partial charge in [-0.25, -0.2) is 0 Å². The SMILES string of the molecule is CCC1(CCO)CCCO1. The fraction of sp³-hybridized carbons (Fsp3) is 1.00. The first-order valence-electron chi connectivity index (χ1n) is 4.08. The van der Waals surface area contributed by atoms with E-state index in [1.54, 1.807) is 0 Å². The Labute approximate surface area is 62.2 Å². The third kappa shape index (κ3) is 1.50. The number of rotatable bonds is 3. The first kappa shape index (κ1) is 8.02. The Morgan fingerprint density at radius 1 is 1.60 bits per heavy atom. The molecule has 0 aromatic heterocycles. The number of aliphatic hydroxyl groups is 1. The molecule has 1 aliphatic rings. The molecule has 1 aliphatic heterocycles. The smallest absolute Gasteiger partial charge is 0.0702 e. The average Bonchev–Trinajstić information content (AvgIpc) is 2.39. The predicted molar refractivity (Wildman–Crippen MR) is 39.9 cm³/mol. The predicted octanol–water partition coefficient (Wildman–Crippen LogP) is 1.33. The Balaban J connectivity index is 2.41. The van der Waals surface area contributed by atoms with Crippen molar-refractivity contribution in [2.24, 2.45) is 0 Å². The molecule has 0 amide bonds. The van der Waals surface area contributed by atoms with Crippen LogP contribution in [0.2, 0.25) is 0 Å². The van der Waals surface area contributed by atoms with Crippen molar-refractivity contribution >= 4 is 0 Å². The van der Waals surface area contributed by atoms with Gasteiger partial charge in [-0.05, 0) is 25.7 Å². The van der Waals surface area contributed by atoms with Crippen LogP contribution in [0.4, 0.5) is 0 Å². The highest BCUT2D eigenvalue weighted by Crippen LogP contribution is 2.31. The van der Waals surface area contributed by atoms with Gasteiger partial charge in [0.1, 0.15) is 0 Å². The maximum absolute atomic E-state index is 8.74. The van der Waals surface area contributed by atoms with Crippen molar-refractivity contribution in [2.45, 2.75) is 38.2 Å². The summed E-state index contributed by atoms with van der Waals surface area (Å²) >= 11 is 0. The minimum absolute atomic E-state index is 0.0365. The summed E-state index contributed by atoms with van der Waals surface area (Å²) in [4.78, 5) is 0. The summed E-state index contributed by atoms with van der Waals surface area (Å²) in [5, 5.41) is 8.74. The summed E-state index contributed by atoms with van der Waals surface area (Å²) in [5.74, 6) is 0. The molecule has 0 spiro atoms. The van der Waals surface area contributed by atoms with E-state index in [0.717, 1.165) is 32.3 Å². The van der Waals surface area contributed by atoms with Gasteiger partial charge in [-0.2, -0.15) is 0 Å². The fourth-order valence-electron chi connectivity index (χ4n) is 1.61. The molecule has 0 aromatic rings.